The zero-order valence-corrected chi connectivity index (χ0v) is 17.6. The van der Waals surface area contributed by atoms with E-state index in [0.717, 1.165) is 44.8 Å². The minimum Gasteiger partial charge on any atom is -0.379 e. The summed E-state index contributed by atoms with van der Waals surface area (Å²) in [5.41, 5.74) is 2.25. The molecule has 164 valence electrons. The maximum Gasteiger partial charge on any atom is 0.273 e. The summed E-state index contributed by atoms with van der Waals surface area (Å²) in [6.07, 6.45) is 0.852. The van der Waals surface area contributed by atoms with E-state index in [-0.39, 0.29) is 17.6 Å². The summed E-state index contributed by atoms with van der Waals surface area (Å²) in [5.74, 6) is -0.802. The Morgan fingerprint density at radius 3 is 2.84 bits per heavy atom. The van der Waals surface area contributed by atoms with Crippen molar-refractivity contribution in [2.75, 3.05) is 39.4 Å². The van der Waals surface area contributed by atoms with E-state index >= 15 is 0 Å². The van der Waals surface area contributed by atoms with Crippen LogP contribution in [-0.2, 0) is 16.1 Å². The van der Waals surface area contributed by atoms with Gasteiger partial charge in [0.1, 0.15) is 17.6 Å². The molecular weight excluding hydrogens is 399 g/mol. The zero-order chi connectivity index (χ0) is 21.8. The van der Waals surface area contributed by atoms with Crippen LogP contribution >= 0.6 is 0 Å². The Morgan fingerprint density at radius 1 is 1.26 bits per heavy atom. The van der Waals surface area contributed by atoms with Crippen molar-refractivity contribution in [3.05, 3.63) is 53.5 Å². The SMILES string of the molecule is C[C@H](C(=O)NCCCN1CCOCC1)N1Cc2ccc(-c3cccc(F)c3)nc2C1=O. The summed E-state index contributed by atoms with van der Waals surface area (Å²) in [5, 5.41) is 2.94. The summed E-state index contributed by atoms with van der Waals surface area (Å²) in [6.45, 7) is 6.93. The fourth-order valence-electron chi connectivity index (χ4n) is 3.94. The number of morpholine rings is 1. The van der Waals surface area contributed by atoms with Gasteiger partial charge in [0.05, 0.1) is 18.9 Å². The number of fused-ring (bicyclic) bond motifs is 1. The van der Waals surface area contributed by atoms with E-state index < -0.39 is 6.04 Å². The van der Waals surface area contributed by atoms with E-state index in [9.17, 15) is 14.0 Å². The van der Waals surface area contributed by atoms with Crippen molar-refractivity contribution in [1.29, 1.82) is 0 Å². The molecule has 4 rings (SSSR count). The molecule has 0 spiro atoms. The highest BCUT2D eigenvalue weighted by Gasteiger charge is 2.35. The van der Waals surface area contributed by atoms with E-state index in [1.807, 2.05) is 6.07 Å². The standard InChI is InChI=1S/C23H27FN4O3/c1-16(22(29)25-8-3-9-27-10-12-31-13-11-27)28-15-18-6-7-20(26-21(18)23(28)30)17-4-2-5-19(24)14-17/h2,4-7,14,16H,3,8-13,15H2,1H3,(H,25,29)/t16-/m1/s1. The van der Waals surface area contributed by atoms with E-state index in [2.05, 4.69) is 15.2 Å². The number of benzene rings is 1. The second-order valence-corrected chi connectivity index (χ2v) is 7.92. The first-order chi connectivity index (χ1) is 15.0. The van der Waals surface area contributed by atoms with Crippen molar-refractivity contribution in [3.63, 3.8) is 0 Å². The van der Waals surface area contributed by atoms with E-state index in [1.165, 1.54) is 17.0 Å². The molecule has 1 aromatic carbocycles. The molecule has 0 aliphatic carbocycles. The van der Waals surface area contributed by atoms with E-state index in [4.69, 9.17) is 4.74 Å². The number of carbonyl (C=O) groups is 2. The van der Waals surface area contributed by atoms with Gasteiger partial charge in [-0.25, -0.2) is 9.37 Å². The van der Waals surface area contributed by atoms with Crippen LogP contribution in [0.5, 0.6) is 0 Å². The average molecular weight is 426 g/mol. The molecule has 1 saturated heterocycles. The minimum atomic E-state index is -0.595. The van der Waals surface area contributed by atoms with Crippen LogP contribution in [0.3, 0.4) is 0 Å². The lowest BCUT2D eigenvalue weighted by Gasteiger charge is -2.27. The molecule has 0 unspecified atom stereocenters. The Morgan fingerprint density at radius 2 is 2.06 bits per heavy atom. The molecule has 8 heteroatoms. The molecule has 7 nitrogen and oxygen atoms in total. The number of nitrogens with one attached hydrogen (secondary N) is 1. The van der Waals surface area contributed by atoms with Crippen LogP contribution in [0.1, 0.15) is 29.4 Å². The normalized spacial score (nSPS) is 17.5. The third-order valence-corrected chi connectivity index (χ3v) is 5.80. The highest BCUT2D eigenvalue weighted by atomic mass is 19.1. The van der Waals surface area contributed by atoms with Gasteiger partial charge < -0.3 is 15.0 Å². The fourth-order valence-corrected chi connectivity index (χ4v) is 3.94. The molecule has 1 atom stereocenters. The Hall–Kier alpha value is -2.84. The lowest BCUT2D eigenvalue weighted by atomic mass is 10.1. The van der Waals surface area contributed by atoms with Crippen LogP contribution in [0.25, 0.3) is 11.3 Å². The maximum atomic E-state index is 13.5. The second kappa shape index (κ2) is 9.53. The van der Waals surface area contributed by atoms with Gasteiger partial charge in [0, 0.05) is 37.3 Å². The molecule has 2 aliphatic heterocycles. The van der Waals surface area contributed by atoms with Gasteiger partial charge in [-0.05, 0) is 38.1 Å². The van der Waals surface area contributed by atoms with E-state index in [1.54, 1.807) is 25.1 Å². The van der Waals surface area contributed by atoms with Crippen LogP contribution in [0.2, 0.25) is 0 Å². The molecule has 2 aliphatic rings. The number of carbonyl (C=O) groups excluding carboxylic acids is 2. The number of halogens is 1. The van der Waals surface area contributed by atoms with Gasteiger partial charge in [-0.15, -0.1) is 0 Å². The van der Waals surface area contributed by atoms with Crippen LogP contribution in [-0.4, -0.2) is 72.0 Å². The first-order valence-corrected chi connectivity index (χ1v) is 10.7. The van der Waals surface area contributed by atoms with Crippen molar-refractivity contribution in [3.8, 4) is 11.3 Å². The van der Waals surface area contributed by atoms with Gasteiger partial charge in [0.25, 0.3) is 5.91 Å². The molecule has 1 N–H and O–H groups in total. The van der Waals surface area contributed by atoms with Crippen molar-refractivity contribution >= 4 is 11.8 Å². The number of rotatable bonds is 7. The quantitative estimate of drug-likeness (QED) is 0.686. The minimum absolute atomic E-state index is 0.173. The van der Waals surface area contributed by atoms with Crippen LogP contribution in [0, 0.1) is 5.82 Å². The number of ether oxygens (including phenoxy) is 1. The predicted octanol–water partition coefficient (Wildman–Crippen LogP) is 2.07. The molecular formula is C23H27FN4O3. The van der Waals surface area contributed by atoms with Gasteiger partial charge in [0.2, 0.25) is 5.91 Å². The summed E-state index contributed by atoms with van der Waals surface area (Å²) in [6, 6.07) is 9.13. The number of pyridine rings is 1. The monoisotopic (exact) mass is 426 g/mol. The van der Waals surface area contributed by atoms with Gasteiger partial charge in [-0.1, -0.05) is 18.2 Å². The second-order valence-electron chi connectivity index (χ2n) is 7.92. The van der Waals surface area contributed by atoms with Crippen LogP contribution in [0.4, 0.5) is 4.39 Å². The number of hydrogen-bond acceptors (Lipinski definition) is 5. The van der Waals surface area contributed by atoms with Crippen LogP contribution in [0.15, 0.2) is 36.4 Å². The molecule has 1 aromatic heterocycles. The topological polar surface area (TPSA) is 74.8 Å². The highest BCUT2D eigenvalue weighted by Crippen LogP contribution is 2.27. The molecule has 0 saturated carbocycles. The number of nitrogens with zero attached hydrogens (tertiary/aromatic N) is 3. The lowest BCUT2D eigenvalue weighted by molar-refractivity contribution is -0.125. The van der Waals surface area contributed by atoms with Crippen molar-refractivity contribution in [2.45, 2.75) is 25.9 Å². The maximum absolute atomic E-state index is 13.5. The molecule has 1 fully saturated rings. The van der Waals surface area contributed by atoms with Crippen molar-refractivity contribution in [2.24, 2.45) is 0 Å². The summed E-state index contributed by atoms with van der Waals surface area (Å²) < 4.78 is 18.9. The molecule has 0 radical (unpaired) electrons. The fraction of sp³-hybridized carbons (Fsp3) is 0.435. The molecule has 2 aromatic rings. The smallest absolute Gasteiger partial charge is 0.273 e. The largest absolute Gasteiger partial charge is 0.379 e. The first-order valence-electron chi connectivity index (χ1n) is 10.7. The Bertz CT molecular complexity index is 962. The van der Waals surface area contributed by atoms with E-state index in [0.29, 0.717) is 30.0 Å². The summed E-state index contributed by atoms with van der Waals surface area (Å²) in [4.78, 5) is 33.8. The van der Waals surface area contributed by atoms with Gasteiger partial charge in [0.15, 0.2) is 0 Å². The number of amides is 2. The number of aromatic nitrogens is 1. The van der Waals surface area contributed by atoms with Crippen molar-refractivity contribution in [1.82, 2.24) is 20.1 Å². The van der Waals surface area contributed by atoms with Gasteiger partial charge in [-0.2, -0.15) is 0 Å². The average Bonchev–Trinajstić information content (AvgIpc) is 3.12. The Kier molecular flexibility index (Phi) is 6.58. The first kappa shape index (κ1) is 21.4. The molecule has 0 bridgehead atoms. The lowest BCUT2D eigenvalue weighted by Crippen LogP contribution is -2.46. The molecule has 3 heterocycles. The Labute approximate surface area is 181 Å². The molecule has 2 amide bonds. The highest BCUT2D eigenvalue weighted by molar-refractivity contribution is 5.99. The third-order valence-electron chi connectivity index (χ3n) is 5.80. The third kappa shape index (κ3) is 4.91. The summed E-state index contributed by atoms with van der Waals surface area (Å²) in [7, 11) is 0. The predicted molar refractivity (Wildman–Crippen MR) is 114 cm³/mol. The Balaban J connectivity index is 1.33. The van der Waals surface area contributed by atoms with Crippen molar-refractivity contribution < 1.29 is 18.7 Å². The molecule has 31 heavy (non-hydrogen) atoms. The number of hydrogen-bond donors (Lipinski definition) is 1. The van der Waals surface area contributed by atoms with Gasteiger partial charge in [-0.3, -0.25) is 14.5 Å². The summed E-state index contributed by atoms with van der Waals surface area (Å²) >= 11 is 0. The van der Waals surface area contributed by atoms with Crippen LogP contribution < -0.4 is 5.32 Å². The van der Waals surface area contributed by atoms with Gasteiger partial charge >= 0.3 is 0 Å². The zero-order valence-electron chi connectivity index (χ0n) is 17.6.